The maximum atomic E-state index is 12.5. The van der Waals surface area contributed by atoms with Gasteiger partial charge in [0.1, 0.15) is 5.82 Å². The van der Waals surface area contributed by atoms with E-state index in [1.165, 1.54) is 18.2 Å². The lowest BCUT2D eigenvalue weighted by molar-refractivity contribution is 0.107. The molecule has 66 valence electrons. The van der Waals surface area contributed by atoms with Crippen LogP contribution in [0.1, 0.15) is 24.2 Å². The summed E-state index contributed by atoms with van der Waals surface area (Å²) in [4.78, 5) is 10.4. The van der Waals surface area contributed by atoms with Crippen molar-refractivity contribution in [2.75, 3.05) is 0 Å². The Hall–Kier alpha value is -0.890. The highest BCUT2D eigenvalue weighted by Crippen LogP contribution is 2.08. The van der Waals surface area contributed by atoms with E-state index in [0.717, 1.165) is 0 Å². The molecule has 0 saturated carbocycles. The number of halogens is 2. The van der Waals surface area contributed by atoms with E-state index in [9.17, 15) is 9.18 Å². The zero-order chi connectivity index (χ0) is 9.56. The van der Waals surface area contributed by atoms with Crippen LogP contribution in [-0.2, 0) is 0 Å². The maximum absolute atomic E-state index is 12.5. The zero-order valence-corrected chi connectivity index (χ0v) is 7.73. The summed E-state index contributed by atoms with van der Waals surface area (Å²) in [6.07, 6.45) is 0. The van der Waals surface area contributed by atoms with Crippen LogP contribution in [0, 0.1) is 5.82 Å². The summed E-state index contributed by atoms with van der Waals surface area (Å²) in [5.41, 5.74) is -0.0795. The first-order chi connectivity index (χ1) is 5.72. The third-order valence-corrected chi connectivity index (χ3v) is 1.29. The van der Waals surface area contributed by atoms with Crippen molar-refractivity contribution in [3.63, 3.8) is 0 Å². The molecule has 0 aliphatic rings. The van der Waals surface area contributed by atoms with E-state index in [1.807, 2.05) is 13.8 Å². The molecule has 0 unspecified atom stereocenters. The summed E-state index contributed by atoms with van der Waals surface area (Å²) in [5, 5.41) is -0.766. The Morgan fingerprint density at radius 3 is 2.17 bits per heavy atom. The first-order valence-corrected chi connectivity index (χ1v) is 4.04. The van der Waals surface area contributed by atoms with Gasteiger partial charge in [-0.1, -0.05) is 26.0 Å². The summed E-state index contributed by atoms with van der Waals surface area (Å²) in [6, 6.07) is 5.58. The highest BCUT2D eigenvalue weighted by Gasteiger charge is 2.05. The van der Waals surface area contributed by atoms with Crippen LogP contribution in [0.5, 0.6) is 0 Å². The topological polar surface area (TPSA) is 17.1 Å². The van der Waals surface area contributed by atoms with Gasteiger partial charge in [0.2, 0.25) is 0 Å². The van der Waals surface area contributed by atoms with Gasteiger partial charge in [-0.3, -0.25) is 4.79 Å². The lowest BCUT2D eigenvalue weighted by Gasteiger charge is -1.92. The average molecular weight is 189 g/mol. The normalized spacial score (nSPS) is 8.33. The second kappa shape index (κ2) is 5.72. The Kier molecular flexibility index (Phi) is 5.30. The molecule has 1 aromatic rings. The molecule has 3 heteroatoms. The minimum atomic E-state index is -0.766. The second-order valence-electron chi connectivity index (χ2n) is 1.75. The van der Waals surface area contributed by atoms with Crippen LogP contribution in [0.25, 0.3) is 0 Å². The monoisotopic (exact) mass is 188 g/mol. The van der Waals surface area contributed by atoms with E-state index in [1.54, 1.807) is 6.07 Å². The molecule has 0 saturated heterocycles. The number of carbonyl (C=O) groups is 1. The molecule has 0 amide bonds. The van der Waals surface area contributed by atoms with Gasteiger partial charge in [-0.2, -0.15) is 0 Å². The molecule has 0 aromatic heterocycles. The smallest absolute Gasteiger partial charge is 0.255 e. The van der Waals surface area contributed by atoms with Gasteiger partial charge < -0.3 is 0 Å². The van der Waals surface area contributed by atoms with Crippen LogP contribution >= 0.6 is 11.6 Å². The van der Waals surface area contributed by atoms with Crippen molar-refractivity contribution in [1.82, 2.24) is 0 Å². The van der Waals surface area contributed by atoms with Gasteiger partial charge in [0.25, 0.3) is 5.24 Å². The predicted octanol–water partition coefficient (Wildman–Crippen LogP) is 3.23. The number of hydrogen-bond acceptors (Lipinski definition) is 1. The van der Waals surface area contributed by atoms with Crippen LogP contribution in [0.15, 0.2) is 24.3 Å². The van der Waals surface area contributed by atoms with Gasteiger partial charge in [0.05, 0.1) is 5.56 Å². The molecule has 1 rings (SSSR count). The minimum Gasteiger partial charge on any atom is -0.275 e. The quantitative estimate of drug-likeness (QED) is 0.619. The van der Waals surface area contributed by atoms with Gasteiger partial charge in [0.15, 0.2) is 0 Å². The molecule has 1 nitrogen and oxygen atoms in total. The highest BCUT2D eigenvalue weighted by atomic mass is 35.5. The van der Waals surface area contributed by atoms with Crippen molar-refractivity contribution in [1.29, 1.82) is 0 Å². The Bertz CT molecular complexity index is 260. The van der Waals surface area contributed by atoms with Crippen molar-refractivity contribution in [3.8, 4) is 0 Å². The van der Waals surface area contributed by atoms with E-state index in [2.05, 4.69) is 0 Å². The Labute approximate surface area is 76.2 Å². The number of carbonyl (C=O) groups excluding carboxylic acids is 1. The van der Waals surface area contributed by atoms with Crippen LogP contribution < -0.4 is 0 Å². The molecular formula is C9H10ClFO. The van der Waals surface area contributed by atoms with E-state index < -0.39 is 11.1 Å². The van der Waals surface area contributed by atoms with E-state index >= 15 is 0 Å². The molecule has 0 fully saturated rings. The summed E-state index contributed by atoms with van der Waals surface area (Å²) in [7, 11) is 0. The zero-order valence-electron chi connectivity index (χ0n) is 6.97. The van der Waals surface area contributed by atoms with Gasteiger partial charge in [-0.25, -0.2) is 4.39 Å². The fraction of sp³-hybridized carbons (Fsp3) is 0.222. The SMILES string of the molecule is CC.O=C(Cl)c1ccccc1F. The van der Waals surface area contributed by atoms with Crippen LogP contribution in [0.3, 0.4) is 0 Å². The molecule has 0 spiro atoms. The van der Waals surface area contributed by atoms with E-state index in [0.29, 0.717) is 0 Å². The number of benzene rings is 1. The van der Waals surface area contributed by atoms with Gasteiger partial charge in [-0.05, 0) is 23.7 Å². The third-order valence-electron chi connectivity index (χ3n) is 1.09. The fourth-order valence-electron chi connectivity index (χ4n) is 0.621. The summed E-state index contributed by atoms with van der Waals surface area (Å²) >= 11 is 5.03. The van der Waals surface area contributed by atoms with Gasteiger partial charge >= 0.3 is 0 Å². The number of hydrogen-bond donors (Lipinski definition) is 0. The molecule has 12 heavy (non-hydrogen) atoms. The van der Waals surface area contributed by atoms with Gasteiger partial charge in [-0.15, -0.1) is 0 Å². The first kappa shape index (κ1) is 11.1. The van der Waals surface area contributed by atoms with Crippen LogP contribution in [0.2, 0.25) is 0 Å². The van der Waals surface area contributed by atoms with E-state index in [4.69, 9.17) is 11.6 Å². The first-order valence-electron chi connectivity index (χ1n) is 3.66. The largest absolute Gasteiger partial charge is 0.275 e. The summed E-state index contributed by atoms with van der Waals surface area (Å²) in [5.74, 6) is -0.581. The molecule has 0 heterocycles. The fourth-order valence-corrected chi connectivity index (χ4v) is 0.774. The molecule has 0 radical (unpaired) electrons. The molecule has 0 atom stereocenters. The van der Waals surface area contributed by atoms with Crippen molar-refractivity contribution in [3.05, 3.63) is 35.6 Å². The van der Waals surface area contributed by atoms with Crippen molar-refractivity contribution in [2.45, 2.75) is 13.8 Å². The second-order valence-corrected chi connectivity index (χ2v) is 2.10. The molecule has 1 aromatic carbocycles. The Balaban J connectivity index is 0.000000561. The van der Waals surface area contributed by atoms with Crippen LogP contribution in [0.4, 0.5) is 4.39 Å². The lowest BCUT2D eigenvalue weighted by Crippen LogP contribution is -1.92. The molecule has 0 bridgehead atoms. The Morgan fingerprint density at radius 2 is 1.83 bits per heavy atom. The summed E-state index contributed by atoms with van der Waals surface area (Å²) < 4.78 is 12.5. The summed E-state index contributed by atoms with van der Waals surface area (Å²) in [6.45, 7) is 4.00. The standard InChI is InChI=1S/C7H4ClFO.C2H6/c8-7(10)5-3-1-2-4-6(5)9;1-2/h1-4H;1-2H3. The highest BCUT2D eigenvalue weighted by molar-refractivity contribution is 6.67. The maximum Gasteiger partial charge on any atom is 0.255 e. The number of rotatable bonds is 1. The van der Waals surface area contributed by atoms with Crippen molar-refractivity contribution < 1.29 is 9.18 Å². The minimum absolute atomic E-state index is 0.0795. The van der Waals surface area contributed by atoms with Crippen molar-refractivity contribution in [2.24, 2.45) is 0 Å². The molecule has 0 aliphatic carbocycles. The predicted molar refractivity (Wildman–Crippen MR) is 47.9 cm³/mol. The van der Waals surface area contributed by atoms with Gasteiger partial charge in [0, 0.05) is 0 Å². The molecular weight excluding hydrogens is 179 g/mol. The third kappa shape index (κ3) is 3.01. The molecule has 0 N–H and O–H groups in total. The van der Waals surface area contributed by atoms with Crippen molar-refractivity contribution >= 4 is 16.8 Å². The van der Waals surface area contributed by atoms with Crippen LogP contribution in [-0.4, -0.2) is 5.24 Å². The van der Waals surface area contributed by atoms with E-state index in [-0.39, 0.29) is 5.56 Å². The lowest BCUT2D eigenvalue weighted by atomic mass is 10.2. The molecule has 0 aliphatic heterocycles. The Morgan fingerprint density at radius 1 is 1.33 bits per heavy atom. The average Bonchev–Trinajstić information content (AvgIpc) is 2.08.